The average molecular weight is 145 g/mol. The predicted octanol–water partition coefficient (Wildman–Crippen LogP) is 1.90. The van der Waals surface area contributed by atoms with Crippen LogP contribution in [0.25, 0.3) is 0 Å². The largest absolute Gasteiger partial charge is 0.399 e. The molecule has 0 heterocycles. The second-order valence-electron chi connectivity index (χ2n) is 2.48. The van der Waals surface area contributed by atoms with Gasteiger partial charge in [0, 0.05) is 0 Å². The summed E-state index contributed by atoms with van der Waals surface area (Å²) in [6.07, 6.45) is 2.54. The van der Waals surface area contributed by atoms with Gasteiger partial charge in [-0.3, -0.25) is 0 Å². The fraction of sp³-hybridized carbons (Fsp3) is 0.857. The molecule has 1 atom stereocenters. The summed E-state index contributed by atoms with van der Waals surface area (Å²) in [7, 11) is 1.45. The van der Waals surface area contributed by atoms with E-state index in [0.717, 1.165) is 19.3 Å². The quantitative estimate of drug-likeness (QED) is 0.516. The van der Waals surface area contributed by atoms with Crippen LogP contribution in [0.3, 0.4) is 0 Å². The number of oxime groups is 1. The second kappa shape index (κ2) is 3.54. The molecule has 0 N–H and O–H groups in total. The summed E-state index contributed by atoms with van der Waals surface area (Å²) in [5.41, 5.74) is 0.578. The highest BCUT2D eigenvalue weighted by atomic mass is 19.1. The summed E-state index contributed by atoms with van der Waals surface area (Å²) in [4.78, 5) is 4.50. The SMILES string of the molecule is CO/N=C1\CCCCC1F. The van der Waals surface area contributed by atoms with Crippen LogP contribution in [0.4, 0.5) is 4.39 Å². The first-order chi connectivity index (χ1) is 4.84. The van der Waals surface area contributed by atoms with Crippen molar-refractivity contribution in [1.82, 2.24) is 0 Å². The van der Waals surface area contributed by atoms with Gasteiger partial charge in [-0.1, -0.05) is 5.16 Å². The van der Waals surface area contributed by atoms with Crippen molar-refractivity contribution in [2.75, 3.05) is 7.11 Å². The van der Waals surface area contributed by atoms with Crippen LogP contribution >= 0.6 is 0 Å². The van der Waals surface area contributed by atoms with Crippen LogP contribution in [0.5, 0.6) is 0 Å². The van der Waals surface area contributed by atoms with E-state index in [1.54, 1.807) is 0 Å². The van der Waals surface area contributed by atoms with E-state index in [0.29, 0.717) is 12.1 Å². The average Bonchev–Trinajstić information content (AvgIpc) is 1.94. The van der Waals surface area contributed by atoms with E-state index in [1.807, 2.05) is 0 Å². The Morgan fingerprint density at radius 2 is 2.40 bits per heavy atom. The van der Waals surface area contributed by atoms with E-state index < -0.39 is 6.17 Å². The molecule has 0 saturated heterocycles. The lowest BCUT2D eigenvalue weighted by Gasteiger charge is -2.15. The first-order valence-electron chi connectivity index (χ1n) is 3.58. The lowest BCUT2D eigenvalue weighted by molar-refractivity contribution is 0.205. The number of hydrogen-bond donors (Lipinski definition) is 0. The molecule has 58 valence electrons. The molecule has 1 rings (SSSR count). The number of nitrogens with zero attached hydrogens (tertiary/aromatic N) is 1. The number of alkyl halides is 1. The smallest absolute Gasteiger partial charge is 0.141 e. The maximum atomic E-state index is 12.8. The molecule has 1 unspecified atom stereocenters. The summed E-state index contributed by atoms with van der Waals surface area (Å²) < 4.78 is 12.8. The number of halogens is 1. The molecule has 1 fully saturated rings. The molecular formula is C7H12FNO. The van der Waals surface area contributed by atoms with Gasteiger partial charge in [0.15, 0.2) is 0 Å². The van der Waals surface area contributed by atoms with Crippen molar-refractivity contribution in [1.29, 1.82) is 0 Å². The molecule has 3 heteroatoms. The van der Waals surface area contributed by atoms with E-state index in [1.165, 1.54) is 7.11 Å². The van der Waals surface area contributed by atoms with Crippen molar-refractivity contribution in [3.63, 3.8) is 0 Å². The van der Waals surface area contributed by atoms with Gasteiger partial charge in [0.2, 0.25) is 0 Å². The lowest BCUT2D eigenvalue weighted by Crippen LogP contribution is -2.20. The minimum Gasteiger partial charge on any atom is -0.399 e. The van der Waals surface area contributed by atoms with Gasteiger partial charge in [-0.05, 0) is 25.7 Å². The first-order valence-corrected chi connectivity index (χ1v) is 3.58. The Kier molecular flexibility index (Phi) is 2.66. The number of hydrogen-bond acceptors (Lipinski definition) is 2. The molecule has 0 radical (unpaired) electrons. The van der Waals surface area contributed by atoms with Crippen LogP contribution in [0.15, 0.2) is 5.16 Å². The molecule has 0 bridgehead atoms. The van der Waals surface area contributed by atoms with E-state index in [4.69, 9.17) is 0 Å². The highest BCUT2D eigenvalue weighted by Crippen LogP contribution is 2.18. The predicted molar refractivity (Wildman–Crippen MR) is 37.8 cm³/mol. The highest BCUT2D eigenvalue weighted by Gasteiger charge is 2.19. The minimum absolute atomic E-state index is 0.578. The molecule has 0 aromatic rings. The zero-order valence-electron chi connectivity index (χ0n) is 6.14. The second-order valence-corrected chi connectivity index (χ2v) is 2.48. The van der Waals surface area contributed by atoms with Gasteiger partial charge in [0.05, 0.1) is 5.71 Å². The van der Waals surface area contributed by atoms with Gasteiger partial charge < -0.3 is 4.84 Å². The van der Waals surface area contributed by atoms with Gasteiger partial charge in [0.25, 0.3) is 0 Å². The van der Waals surface area contributed by atoms with Gasteiger partial charge >= 0.3 is 0 Å². The summed E-state index contributed by atoms with van der Waals surface area (Å²) in [5, 5.41) is 3.61. The van der Waals surface area contributed by atoms with Crippen LogP contribution in [0.2, 0.25) is 0 Å². The zero-order chi connectivity index (χ0) is 7.40. The Morgan fingerprint density at radius 1 is 1.60 bits per heavy atom. The van der Waals surface area contributed by atoms with E-state index in [2.05, 4.69) is 9.99 Å². The van der Waals surface area contributed by atoms with Crippen molar-refractivity contribution in [3.05, 3.63) is 0 Å². The fourth-order valence-electron chi connectivity index (χ4n) is 1.17. The Morgan fingerprint density at radius 3 is 3.00 bits per heavy atom. The molecule has 0 spiro atoms. The van der Waals surface area contributed by atoms with E-state index in [9.17, 15) is 4.39 Å². The topological polar surface area (TPSA) is 21.6 Å². The summed E-state index contributed by atoms with van der Waals surface area (Å²) in [6.45, 7) is 0. The normalized spacial score (nSPS) is 30.6. The molecule has 10 heavy (non-hydrogen) atoms. The van der Waals surface area contributed by atoms with Crippen LogP contribution in [-0.2, 0) is 4.84 Å². The molecule has 1 aliphatic carbocycles. The van der Waals surface area contributed by atoms with Crippen LogP contribution < -0.4 is 0 Å². The summed E-state index contributed by atoms with van der Waals surface area (Å²) >= 11 is 0. The van der Waals surface area contributed by atoms with Crippen molar-refractivity contribution in [2.45, 2.75) is 31.9 Å². The molecule has 1 saturated carbocycles. The monoisotopic (exact) mass is 145 g/mol. The fourth-order valence-corrected chi connectivity index (χ4v) is 1.17. The van der Waals surface area contributed by atoms with Crippen molar-refractivity contribution < 1.29 is 9.23 Å². The first kappa shape index (κ1) is 7.51. The summed E-state index contributed by atoms with van der Waals surface area (Å²) in [6, 6.07) is 0. The van der Waals surface area contributed by atoms with Crippen molar-refractivity contribution in [2.24, 2.45) is 5.16 Å². The Hall–Kier alpha value is -0.600. The maximum Gasteiger partial charge on any atom is 0.141 e. The lowest BCUT2D eigenvalue weighted by atomic mass is 9.97. The molecule has 0 amide bonds. The molecule has 0 aromatic carbocycles. The minimum atomic E-state index is -0.853. The zero-order valence-corrected chi connectivity index (χ0v) is 6.14. The molecular weight excluding hydrogens is 133 g/mol. The van der Waals surface area contributed by atoms with Crippen LogP contribution in [-0.4, -0.2) is 19.0 Å². The Balaban J connectivity index is 2.47. The Bertz CT molecular complexity index is 136. The third-order valence-electron chi connectivity index (χ3n) is 1.71. The summed E-state index contributed by atoms with van der Waals surface area (Å²) in [5.74, 6) is 0. The molecule has 2 nitrogen and oxygen atoms in total. The van der Waals surface area contributed by atoms with Crippen LogP contribution in [0, 0.1) is 0 Å². The molecule has 0 aromatic heterocycles. The van der Waals surface area contributed by atoms with Crippen molar-refractivity contribution in [3.8, 4) is 0 Å². The van der Waals surface area contributed by atoms with Gasteiger partial charge in [0.1, 0.15) is 13.3 Å². The molecule has 0 aliphatic heterocycles. The van der Waals surface area contributed by atoms with Crippen molar-refractivity contribution >= 4 is 5.71 Å². The van der Waals surface area contributed by atoms with E-state index in [-0.39, 0.29) is 0 Å². The van der Waals surface area contributed by atoms with Crippen LogP contribution in [0.1, 0.15) is 25.7 Å². The molecule has 1 aliphatic rings. The third kappa shape index (κ3) is 1.69. The standard InChI is InChI=1S/C7H12FNO/c1-10-9-7-5-3-2-4-6(7)8/h6H,2-5H2,1H3/b9-7+. The van der Waals surface area contributed by atoms with Gasteiger partial charge in [-0.25, -0.2) is 4.39 Å². The third-order valence-corrected chi connectivity index (χ3v) is 1.71. The van der Waals surface area contributed by atoms with Gasteiger partial charge in [-0.15, -0.1) is 0 Å². The Labute approximate surface area is 60.1 Å². The van der Waals surface area contributed by atoms with E-state index >= 15 is 0 Å². The number of rotatable bonds is 1. The van der Waals surface area contributed by atoms with Gasteiger partial charge in [-0.2, -0.15) is 0 Å². The maximum absolute atomic E-state index is 12.8. The highest BCUT2D eigenvalue weighted by molar-refractivity contribution is 5.88.